The van der Waals surface area contributed by atoms with Crippen molar-refractivity contribution in [1.82, 2.24) is 19.2 Å². The minimum atomic E-state index is -3.58. The predicted octanol–water partition coefficient (Wildman–Crippen LogP) is 1.78. The number of aromatic nitrogens is 2. The predicted molar refractivity (Wildman–Crippen MR) is 92.0 cm³/mol. The van der Waals surface area contributed by atoms with Gasteiger partial charge in [-0.3, -0.25) is 4.79 Å². The fraction of sp³-hybridized carbons (Fsp3) is 0.750. The molecule has 8 heteroatoms. The van der Waals surface area contributed by atoms with Crippen molar-refractivity contribution >= 4 is 15.9 Å². The van der Waals surface area contributed by atoms with E-state index in [9.17, 15) is 13.2 Å². The second-order valence-electron chi connectivity index (χ2n) is 6.75. The van der Waals surface area contributed by atoms with Gasteiger partial charge < -0.3 is 9.88 Å². The molecule has 0 spiro atoms. The molecule has 1 atom stereocenters. The molecule has 1 aliphatic rings. The summed E-state index contributed by atoms with van der Waals surface area (Å²) in [6, 6.07) is 0.315. The fourth-order valence-electron chi connectivity index (χ4n) is 2.69. The Kier molecular flexibility index (Phi) is 6.03. The van der Waals surface area contributed by atoms with Gasteiger partial charge in [0.1, 0.15) is 0 Å². The van der Waals surface area contributed by atoms with Crippen molar-refractivity contribution in [2.75, 3.05) is 13.1 Å². The first-order valence-corrected chi connectivity index (χ1v) is 10.0. The molecule has 0 bridgehead atoms. The highest BCUT2D eigenvalue weighted by molar-refractivity contribution is 7.89. The van der Waals surface area contributed by atoms with E-state index < -0.39 is 10.0 Å². The van der Waals surface area contributed by atoms with Crippen molar-refractivity contribution in [3.8, 4) is 0 Å². The van der Waals surface area contributed by atoms with E-state index in [4.69, 9.17) is 0 Å². The summed E-state index contributed by atoms with van der Waals surface area (Å²) in [5, 5.41) is 3.06. The summed E-state index contributed by atoms with van der Waals surface area (Å²) in [6.07, 6.45) is 5.10. The topological polar surface area (TPSA) is 84.3 Å². The van der Waals surface area contributed by atoms with Gasteiger partial charge in [0.15, 0.2) is 5.03 Å². The maximum atomic E-state index is 12.7. The highest BCUT2D eigenvalue weighted by Crippen LogP contribution is 2.23. The third-order valence-electron chi connectivity index (χ3n) is 4.60. The first-order valence-electron chi connectivity index (χ1n) is 8.59. The molecule has 136 valence electrons. The van der Waals surface area contributed by atoms with E-state index in [0.29, 0.717) is 25.9 Å². The molecule has 24 heavy (non-hydrogen) atoms. The molecule has 0 aromatic carbocycles. The number of nitrogens with zero attached hydrogens (tertiary/aromatic N) is 3. The zero-order chi connectivity index (χ0) is 17.9. The van der Waals surface area contributed by atoms with Gasteiger partial charge in [-0.1, -0.05) is 6.92 Å². The SMILES string of the molecule is CC[C@H](C)NC(=O)C1CCN(S(=O)(=O)c2cn(C(C)C)cn2)CC1. The third-order valence-corrected chi connectivity index (χ3v) is 6.39. The van der Waals surface area contributed by atoms with E-state index in [2.05, 4.69) is 10.3 Å². The molecule has 0 aliphatic carbocycles. The normalized spacial score (nSPS) is 18.7. The van der Waals surface area contributed by atoms with Crippen LogP contribution < -0.4 is 5.32 Å². The van der Waals surface area contributed by atoms with E-state index in [1.165, 1.54) is 4.31 Å². The van der Waals surface area contributed by atoms with Gasteiger partial charge in [-0.2, -0.15) is 4.31 Å². The fourth-order valence-corrected chi connectivity index (χ4v) is 4.08. The van der Waals surface area contributed by atoms with Gasteiger partial charge in [-0.25, -0.2) is 13.4 Å². The lowest BCUT2D eigenvalue weighted by molar-refractivity contribution is -0.126. The van der Waals surface area contributed by atoms with E-state index in [0.717, 1.165) is 6.42 Å². The van der Waals surface area contributed by atoms with Gasteiger partial charge in [0, 0.05) is 37.3 Å². The van der Waals surface area contributed by atoms with E-state index in [-0.39, 0.29) is 28.9 Å². The minimum Gasteiger partial charge on any atom is -0.353 e. The van der Waals surface area contributed by atoms with Crippen LogP contribution in [-0.4, -0.2) is 47.3 Å². The maximum absolute atomic E-state index is 12.7. The summed E-state index contributed by atoms with van der Waals surface area (Å²) < 4.78 is 28.6. The molecule has 0 unspecified atom stereocenters. The van der Waals surface area contributed by atoms with Crippen LogP contribution in [0.25, 0.3) is 0 Å². The van der Waals surface area contributed by atoms with Crippen LogP contribution in [0, 0.1) is 5.92 Å². The number of carbonyl (C=O) groups excluding carboxylic acids is 1. The Labute approximate surface area is 144 Å². The molecule has 0 radical (unpaired) electrons. The Morgan fingerprint density at radius 1 is 1.33 bits per heavy atom. The highest BCUT2D eigenvalue weighted by atomic mass is 32.2. The number of imidazole rings is 1. The smallest absolute Gasteiger partial charge is 0.262 e. The van der Waals surface area contributed by atoms with Crippen molar-refractivity contribution in [3.05, 3.63) is 12.5 Å². The second-order valence-corrected chi connectivity index (χ2v) is 8.63. The molecule has 2 rings (SSSR count). The summed E-state index contributed by atoms with van der Waals surface area (Å²) in [7, 11) is -3.58. The van der Waals surface area contributed by atoms with Crippen molar-refractivity contribution in [2.24, 2.45) is 5.92 Å². The average Bonchev–Trinajstić information content (AvgIpc) is 3.06. The summed E-state index contributed by atoms with van der Waals surface area (Å²) in [5.74, 6) is -0.0795. The zero-order valence-electron chi connectivity index (χ0n) is 14.9. The summed E-state index contributed by atoms with van der Waals surface area (Å²) in [6.45, 7) is 8.66. The number of sulfonamides is 1. The van der Waals surface area contributed by atoms with Crippen molar-refractivity contribution in [1.29, 1.82) is 0 Å². The van der Waals surface area contributed by atoms with Gasteiger partial charge >= 0.3 is 0 Å². The Hall–Kier alpha value is -1.41. The number of nitrogens with one attached hydrogen (secondary N) is 1. The summed E-state index contributed by atoms with van der Waals surface area (Å²) >= 11 is 0. The number of piperidine rings is 1. The van der Waals surface area contributed by atoms with Gasteiger partial charge in [-0.15, -0.1) is 0 Å². The first-order chi connectivity index (χ1) is 11.3. The summed E-state index contributed by atoms with van der Waals surface area (Å²) in [5.41, 5.74) is 0. The largest absolute Gasteiger partial charge is 0.353 e. The Morgan fingerprint density at radius 2 is 1.96 bits per heavy atom. The zero-order valence-corrected chi connectivity index (χ0v) is 15.7. The molecule has 2 heterocycles. The van der Waals surface area contributed by atoms with E-state index in [1.807, 2.05) is 27.7 Å². The van der Waals surface area contributed by atoms with Crippen LogP contribution in [0.4, 0.5) is 0 Å². The van der Waals surface area contributed by atoms with Crippen LogP contribution in [-0.2, 0) is 14.8 Å². The highest BCUT2D eigenvalue weighted by Gasteiger charge is 2.33. The second kappa shape index (κ2) is 7.65. The van der Waals surface area contributed by atoms with Gasteiger partial charge in [0.05, 0.1) is 6.33 Å². The van der Waals surface area contributed by atoms with Crippen molar-refractivity contribution in [3.63, 3.8) is 0 Å². The number of hydrogen-bond acceptors (Lipinski definition) is 4. The van der Waals surface area contributed by atoms with Crippen LogP contribution >= 0.6 is 0 Å². The van der Waals surface area contributed by atoms with Gasteiger partial charge in [0.2, 0.25) is 5.91 Å². The molecule has 1 saturated heterocycles. The minimum absolute atomic E-state index is 0.0329. The van der Waals surface area contributed by atoms with Crippen LogP contribution in [0.2, 0.25) is 0 Å². The van der Waals surface area contributed by atoms with Crippen LogP contribution in [0.5, 0.6) is 0 Å². The van der Waals surface area contributed by atoms with Gasteiger partial charge in [-0.05, 0) is 40.0 Å². The molecular weight excluding hydrogens is 328 g/mol. The Bertz CT molecular complexity index is 661. The molecule has 1 fully saturated rings. The average molecular weight is 356 g/mol. The van der Waals surface area contributed by atoms with Gasteiger partial charge in [0.25, 0.3) is 10.0 Å². The van der Waals surface area contributed by atoms with Crippen LogP contribution in [0.15, 0.2) is 17.6 Å². The molecule has 7 nitrogen and oxygen atoms in total. The lowest BCUT2D eigenvalue weighted by Crippen LogP contribution is -2.44. The molecule has 0 saturated carbocycles. The van der Waals surface area contributed by atoms with Crippen molar-refractivity contribution < 1.29 is 13.2 Å². The standard InChI is InChI=1S/C16H28N4O3S/c1-5-13(4)18-16(21)14-6-8-20(9-7-14)24(22,23)15-10-19(11-17-15)12(2)3/h10-14H,5-9H2,1-4H3,(H,18,21)/t13-/m0/s1. The van der Waals surface area contributed by atoms with Crippen LogP contribution in [0.1, 0.15) is 53.0 Å². The monoisotopic (exact) mass is 356 g/mol. The summed E-state index contributed by atoms with van der Waals surface area (Å²) in [4.78, 5) is 16.2. The third kappa shape index (κ3) is 4.16. The lowest BCUT2D eigenvalue weighted by Gasteiger charge is -2.30. The van der Waals surface area contributed by atoms with E-state index in [1.54, 1.807) is 17.1 Å². The quantitative estimate of drug-likeness (QED) is 0.842. The number of rotatable bonds is 6. The molecule has 1 N–H and O–H groups in total. The van der Waals surface area contributed by atoms with E-state index >= 15 is 0 Å². The number of carbonyl (C=O) groups is 1. The lowest BCUT2D eigenvalue weighted by atomic mass is 9.97. The van der Waals surface area contributed by atoms with Crippen molar-refractivity contribution in [2.45, 2.75) is 64.1 Å². The number of amides is 1. The molecular formula is C16H28N4O3S. The first kappa shape index (κ1) is 18.9. The maximum Gasteiger partial charge on any atom is 0.262 e. The Morgan fingerprint density at radius 3 is 2.46 bits per heavy atom. The molecule has 1 aliphatic heterocycles. The molecule has 1 amide bonds. The molecule has 1 aromatic rings. The number of hydrogen-bond donors (Lipinski definition) is 1. The molecule has 1 aromatic heterocycles. The van der Waals surface area contributed by atoms with Crippen LogP contribution in [0.3, 0.4) is 0 Å². The Balaban J connectivity index is 1.99.